The minimum absolute atomic E-state index is 0.0989. The Kier molecular flexibility index (Phi) is 5.34. The van der Waals surface area contributed by atoms with E-state index in [0.717, 1.165) is 16.6 Å². The summed E-state index contributed by atoms with van der Waals surface area (Å²) in [6, 6.07) is 7.82. The van der Waals surface area contributed by atoms with Crippen LogP contribution in [-0.4, -0.2) is 43.7 Å². The Balaban J connectivity index is 2.04. The van der Waals surface area contributed by atoms with Gasteiger partial charge in [-0.15, -0.1) is 6.58 Å². The van der Waals surface area contributed by atoms with Crippen LogP contribution in [0.1, 0.15) is 11.7 Å². The molecule has 0 aliphatic carbocycles. The molecule has 108 valence electrons. The van der Waals surface area contributed by atoms with Crippen LogP contribution >= 0.6 is 15.9 Å². The molecule has 1 aliphatic heterocycles. The fourth-order valence-corrected chi connectivity index (χ4v) is 2.65. The van der Waals surface area contributed by atoms with Gasteiger partial charge in [-0.1, -0.05) is 40.2 Å². The predicted molar refractivity (Wildman–Crippen MR) is 80.4 cm³/mol. The van der Waals surface area contributed by atoms with Crippen molar-refractivity contribution in [2.45, 2.75) is 12.1 Å². The van der Waals surface area contributed by atoms with Crippen LogP contribution in [0.5, 0.6) is 0 Å². The molecule has 1 fully saturated rings. The Morgan fingerprint density at radius 2 is 2.35 bits per heavy atom. The largest absolute Gasteiger partial charge is 0.468 e. The van der Waals surface area contributed by atoms with E-state index >= 15 is 0 Å². The summed E-state index contributed by atoms with van der Waals surface area (Å²) in [5, 5.41) is 0. The first-order valence-electron chi connectivity index (χ1n) is 6.46. The number of hydrogen-bond acceptors (Lipinski definition) is 4. The van der Waals surface area contributed by atoms with Gasteiger partial charge in [0.1, 0.15) is 6.04 Å². The van der Waals surface area contributed by atoms with Crippen molar-refractivity contribution < 1.29 is 14.3 Å². The van der Waals surface area contributed by atoms with E-state index in [1.165, 1.54) is 7.11 Å². The Hall–Kier alpha value is -1.17. The van der Waals surface area contributed by atoms with Gasteiger partial charge in [0.2, 0.25) is 0 Å². The number of esters is 1. The average Bonchev–Trinajstić information content (AvgIpc) is 3.22. The molecule has 0 radical (unpaired) electrons. The number of ether oxygens (including phenoxy) is 2. The Morgan fingerprint density at radius 3 is 3.00 bits per heavy atom. The standard InChI is InChI=1S/C15H18BrNO3/c1-3-8-20-14(11-6-4-5-7-12(11)16)10-17-9-13(17)15(18)19-2/h3-7,13-14H,1,8-10H2,2H3. The van der Waals surface area contributed by atoms with Crippen LogP contribution in [0, 0.1) is 0 Å². The van der Waals surface area contributed by atoms with E-state index in [9.17, 15) is 4.79 Å². The van der Waals surface area contributed by atoms with E-state index in [-0.39, 0.29) is 18.1 Å². The highest BCUT2D eigenvalue weighted by molar-refractivity contribution is 9.10. The molecule has 0 bridgehead atoms. The molecule has 1 aromatic carbocycles. The SMILES string of the molecule is C=CCOC(CN1CC1C(=O)OC)c1ccccc1Br. The second kappa shape index (κ2) is 7.02. The van der Waals surface area contributed by atoms with Crippen molar-refractivity contribution >= 4 is 21.9 Å². The molecule has 3 atom stereocenters. The van der Waals surface area contributed by atoms with E-state index < -0.39 is 0 Å². The molecule has 20 heavy (non-hydrogen) atoms. The van der Waals surface area contributed by atoms with Gasteiger partial charge in [-0.05, 0) is 11.6 Å². The molecule has 1 saturated heterocycles. The monoisotopic (exact) mass is 339 g/mol. The lowest BCUT2D eigenvalue weighted by molar-refractivity contribution is -0.141. The van der Waals surface area contributed by atoms with Gasteiger partial charge in [0, 0.05) is 17.6 Å². The third kappa shape index (κ3) is 3.69. The van der Waals surface area contributed by atoms with Crippen LogP contribution < -0.4 is 0 Å². The molecule has 0 aromatic heterocycles. The van der Waals surface area contributed by atoms with E-state index in [0.29, 0.717) is 13.2 Å². The van der Waals surface area contributed by atoms with E-state index in [1.54, 1.807) is 6.08 Å². The van der Waals surface area contributed by atoms with Gasteiger partial charge in [-0.25, -0.2) is 0 Å². The van der Waals surface area contributed by atoms with E-state index in [2.05, 4.69) is 22.5 Å². The zero-order valence-corrected chi connectivity index (χ0v) is 13.0. The fraction of sp³-hybridized carbons (Fsp3) is 0.400. The third-order valence-electron chi connectivity index (χ3n) is 3.26. The zero-order valence-electron chi connectivity index (χ0n) is 11.4. The predicted octanol–water partition coefficient (Wildman–Crippen LogP) is 2.55. The molecule has 2 rings (SSSR count). The van der Waals surface area contributed by atoms with Crippen molar-refractivity contribution in [1.29, 1.82) is 0 Å². The highest BCUT2D eigenvalue weighted by Gasteiger charge is 2.42. The Labute approximate surface area is 127 Å². The molecule has 4 nitrogen and oxygen atoms in total. The molecule has 5 heteroatoms. The van der Waals surface area contributed by atoms with Crippen LogP contribution in [0.2, 0.25) is 0 Å². The third-order valence-corrected chi connectivity index (χ3v) is 3.98. The summed E-state index contributed by atoms with van der Waals surface area (Å²) in [4.78, 5) is 13.5. The normalized spacial score (nSPS) is 22.1. The molecule has 1 aromatic rings. The van der Waals surface area contributed by atoms with Crippen LogP contribution in [0.25, 0.3) is 0 Å². The number of methoxy groups -OCH3 is 1. The molecule has 0 spiro atoms. The summed E-state index contributed by atoms with van der Waals surface area (Å²) >= 11 is 3.54. The van der Waals surface area contributed by atoms with Gasteiger partial charge in [0.05, 0.1) is 19.8 Å². The van der Waals surface area contributed by atoms with Crippen molar-refractivity contribution in [2.75, 3.05) is 26.8 Å². The van der Waals surface area contributed by atoms with Crippen molar-refractivity contribution in [3.8, 4) is 0 Å². The lowest BCUT2D eigenvalue weighted by Gasteiger charge is -2.19. The van der Waals surface area contributed by atoms with Gasteiger partial charge < -0.3 is 9.47 Å². The molecule has 0 amide bonds. The number of nitrogens with zero attached hydrogens (tertiary/aromatic N) is 1. The molecular weight excluding hydrogens is 322 g/mol. The van der Waals surface area contributed by atoms with Crippen molar-refractivity contribution in [3.05, 3.63) is 47.0 Å². The molecule has 1 heterocycles. The quantitative estimate of drug-likeness (QED) is 0.434. The van der Waals surface area contributed by atoms with Crippen molar-refractivity contribution in [2.24, 2.45) is 0 Å². The summed E-state index contributed by atoms with van der Waals surface area (Å²) in [6.07, 6.45) is 1.63. The van der Waals surface area contributed by atoms with Crippen LogP contribution in [0.4, 0.5) is 0 Å². The highest BCUT2D eigenvalue weighted by Crippen LogP contribution is 2.30. The summed E-state index contributed by atoms with van der Waals surface area (Å²) in [6.45, 7) is 5.54. The Bertz CT molecular complexity index is 492. The summed E-state index contributed by atoms with van der Waals surface area (Å²) in [5.41, 5.74) is 1.07. The van der Waals surface area contributed by atoms with Crippen molar-refractivity contribution in [1.82, 2.24) is 4.90 Å². The molecule has 0 saturated carbocycles. The first-order valence-corrected chi connectivity index (χ1v) is 7.25. The van der Waals surface area contributed by atoms with Crippen LogP contribution in [0.15, 0.2) is 41.4 Å². The van der Waals surface area contributed by atoms with E-state index in [4.69, 9.17) is 9.47 Å². The summed E-state index contributed by atoms with van der Waals surface area (Å²) in [5.74, 6) is -0.181. The lowest BCUT2D eigenvalue weighted by Crippen LogP contribution is -2.21. The lowest BCUT2D eigenvalue weighted by atomic mass is 10.1. The molecule has 1 aliphatic rings. The minimum Gasteiger partial charge on any atom is -0.468 e. The molecular formula is C15H18BrNO3. The van der Waals surface area contributed by atoms with Gasteiger partial charge in [0.25, 0.3) is 0 Å². The first-order chi connectivity index (χ1) is 9.67. The van der Waals surface area contributed by atoms with Gasteiger partial charge in [-0.2, -0.15) is 0 Å². The second-order valence-corrected chi connectivity index (χ2v) is 5.48. The van der Waals surface area contributed by atoms with Crippen LogP contribution in [0.3, 0.4) is 0 Å². The Morgan fingerprint density at radius 1 is 1.60 bits per heavy atom. The van der Waals surface area contributed by atoms with Gasteiger partial charge in [-0.3, -0.25) is 9.69 Å². The maximum Gasteiger partial charge on any atom is 0.324 e. The second-order valence-electron chi connectivity index (χ2n) is 4.63. The number of hydrogen-bond donors (Lipinski definition) is 0. The molecule has 3 unspecified atom stereocenters. The first kappa shape index (κ1) is 15.2. The number of benzene rings is 1. The molecule has 0 N–H and O–H groups in total. The fourth-order valence-electron chi connectivity index (χ4n) is 2.11. The van der Waals surface area contributed by atoms with Gasteiger partial charge in [0.15, 0.2) is 0 Å². The smallest absolute Gasteiger partial charge is 0.324 e. The minimum atomic E-state index is -0.181. The van der Waals surface area contributed by atoms with Crippen LogP contribution in [-0.2, 0) is 14.3 Å². The van der Waals surface area contributed by atoms with E-state index in [1.807, 2.05) is 29.2 Å². The topological polar surface area (TPSA) is 38.5 Å². The summed E-state index contributed by atoms with van der Waals surface area (Å²) in [7, 11) is 1.41. The highest BCUT2D eigenvalue weighted by atomic mass is 79.9. The zero-order chi connectivity index (χ0) is 14.5. The van der Waals surface area contributed by atoms with Gasteiger partial charge >= 0.3 is 5.97 Å². The summed E-state index contributed by atoms with van der Waals surface area (Å²) < 4.78 is 11.6. The number of rotatable bonds is 7. The number of carbonyl (C=O) groups is 1. The van der Waals surface area contributed by atoms with Crippen molar-refractivity contribution in [3.63, 3.8) is 0 Å². The average molecular weight is 340 g/mol. The number of carbonyl (C=O) groups excluding carboxylic acids is 1. The maximum atomic E-state index is 11.5. The maximum absolute atomic E-state index is 11.5. The number of halogens is 1.